The largest absolute Gasteiger partial charge is 0.322 e. The van der Waals surface area contributed by atoms with Crippen molar-refractivity contribution in [3.05, 3.63) is 88.2 Å². The van der Waals surface area contributed by atoms with Gasteiger partial charge < -0.3 is 5.32 Å². The van der Waals surface area contributed by atoms with Crippen molar-refractivity contribution in [3.63, 3.8) is 0 Å². The van der Waals surface area contributed by atoms with Crippen molar-refractivity contribution in [2.45, 2.75) is 18.2 Å². The molecular weight excluding hydrogens is 427 g/mol. The van der Waals surface area contributed by atoms with Crippen molar-refractivity contribution in [3.8, 4) is 0 Å². The lowest BCUT2D eigenvalue weighted by atomic mass is 10.1. The number of hydrogen-bond acceptors (Lipinski definition) is 3. The van der Waals surface area contributed by atoms with Crippen LogP contribution in [0.25, 0.3) is 0 Å². The second-order valence-corrected chi connectivity index (χ2v) is 9.25. The number of nitrogens with one attached hydrogen (secondary N) is 1. The lowest BCUT2D eigenvalue weighted by Gasteiger charge is -2.20. The van der Waals surface area contributed by atoms with Crippen molar-refractivity contribution in [2.24, 2.45) is 0 Å². The van der Waals surface area contributed by atoms with E-state index >= 15 is 0 Å². The van der Waals surface area contributed by atoms with Crippen LogP contribution in [0.4, 0.5) is 15.8 Å². The fraction of sp³-hybridized carbons (Fsp3) is 0.136. The second-order valence-electron chi connectivity index (χ2n) is 7.01. The van der Waals surface area contributed by atoms with Gasteiger partial charge in [0.05, 0.1) is 10.7 Å². The maximum absolute atomic E-state index is 13.5. The Balaban J connectivity index is 1.68. The normalized spacial score (nSPS) is 13.2. The highest BCUT2D eigenvalue weighted by Crippen LogP contribution is 2.35. The average Bonchev–Trinajstić information content (AvgIpc) is 3.16. The predicted octanol–water partition coefficient (Wildman–Crippen LogP) is 4.79. The van der Waals surface area contributed by atoms with Gasteiger partial charge in [-0.15, -0.1) is 0 Å². The van der Waals surface area contributed by atoms with Crippen LogP contribution in [0.3, 0.4) is 0 Å². The van der Waals surface area contributed by atoms with Gasteiger partial charge in [-0.05, 0) is 60.9 Å². The number of benzene rings is 3. The molecule has 0 saturated carbocycles. The second kappa shape index (κ2) is 7.74. The number of hydrogen-bond donors (Lipinski definition) is 1. The van der Waals surface area contributed by atoms with E-state index in [0.717, 1.165) is 5.56 Å². The fourth-order valence-corrected chi connectivity index (χ4v) is 5.45. The molecule has 0 saturated heterocycles. The molecule has 0 aliphatic carbocycles. The van der Waals surface area contributed by atoms with E-state index in [9.17, 15) is 17.6 Å². The molecule has 0 atom stereocenters. The molecule has 3 aromatic rings. The summed E-state index contributed by atoms with van der Waals surface area (Å²) in [6.45, 7) is 2.04. The summed E-state index contributed by atoms with van der Waals surface area (Å²) in [6, 6.07) is 15.4. The highest BCUT2D eigenvalue weighted by atomic mass is 35.5. The summed E-state index contributed by atoms with van der Waals surface area (Å²) in [7, 11) is -3.97. The van der Waals surface area contributed by atoms with Crippen LogP contribution in [0.15, 0.2) is 65.6 Å². The molecular formula is C22H18ClFN2O3S. The zero-order valence-corrected chi connectivity index (χ0v) is 17.6. The van der Waals surface area contributed by atoms with E-state index in [2.05, 4.69) is 5.32 Å². The van der Waals surface area contributed by atoms with E-state index in [0.29, 0.717) is 29.9 Å². The molecule has 154 valence electrons. The molecule has 0 aromatic heterocycles. The van der Waals surface area contributed by atoms with Crippen LogP contribution in [0.1, 0.15) is 21.5 Å². The highest BCUT2D eigenvalue weighted by Gasteiger charge is 2.32. The van der Waals surface area contributed by atoms with E-state index in [-0.39, 0.29) is 15.5 Å². The molecule has 1 amide bonds. The van der Waals surface area contributed by atoms with Gasteiger partial charge in [0.15, 0.2) is 0 Å². The maximum Gasteiger partial charge on any atom is 0.265 e. The summed E-state index contributed by atoms with van der Waals surface area (Å²) < 4.78 is 41.4. The van der Waals surface area contributed by atoms with Gasteiger partial charge in [-0.1, -0.05) is 35.9 Å². The van der Waals surface area contributed by atoms with E-state index in [4.69, 9.17) is 11.6 Å². The van der Waals surface area contributed by atoms with Crippen molar-refractivity contribution in [2.75, 3.05) is 16.2 Å². The topological polar surface area (TPSA) is 66.5 Å². The Labute approximate surface area is 179 Å². The lowest BCUT2D eigenvalue weighted by molar-refractivity contribution is 0.102. The number of sulfonamides is 1. The first kappa shape index (κ1) is 20.4. The van der Waals surface area contributed by atoms with Crippen molar-refractivity contribution in [1.82, 2.24) is 0 Å². The molecule has 0 bridgehead atoms. The smallest absolute Gasteiger partial charge is 0.265 e. The van der Waals surface area contributed by atoms with Crippen LogP contribution in [0.2, 0.25) is 5.02 Å². The maximum atomic E-state index is 13.5. The van der Waals surface area contributed by atoms with Gasteiger partial charge in [0, 0.05) is 17.8 Å². The average molecular weight is 445 g/mol. The quantitative estimate of drug-likeness (QED) is 0.629. The number of amides is 1. The Bertz CT molecular complexity index is 1260. The molecule has 1 aliphatic rings. The summed E-state index contributed by atoms with van der Waals surface area (Å²) in [6.07, 6.45) is 0.603. The number of fused-ring (bicyclic) bond motifs is 1. The number of carbonyl (C=O) groups excluding carboxylic acids is 1. The van der Waals surface area contributed by atoms with Crippen LogP contribution >= 0.6 is 11.6 Å². The van der Waals surface area contributed by atoms with E-state index in [1.54, 1.807) is 25.1 Å². The monoisotopic (exact) mass is 444 g/mol. The molecule has 0 fully saturated rings. The van der Waals surface area contributed by atoms with Gasteiger partial charge in [-0.2, -0.15) is 0 Å². The number of nitrogens with zero attached hydrogens (tertiary/aromatic N) is 1. The summed E-state index contributed by atoms with van der Waals surface area (Å²) in [5.41, 5.74) is 2.65. The van der Waals surface area contributed by atoms with Crippen LogP contribution in [0.5, 0.6) is 0 Å². The first-order chi connectivity index (χ1) is 14.3. The Morgan fingerprint density at radius 1 is 1.10 bits per heavy atom. The molecule has 0 unspecified atom stereocenters. The van der Waals surface area contributed by atoms with E-state index in [1.807, 2.05) is 12.1 Å². The minimum atomic E-state index is -3.97. The minimum Gasteiger partial charge on any atom is -0.322 e. The first-order valence-corrected chi connectivity index (χ1v) is 11.1. The number of rotatable bonds is 4. The molecule has 0 radical (unpaired) electrons. The molecule has 0 spiro atoms. The van der Waals surface area contributed by atoms with Crippen LogP contribution in [-0.4, -0.2) is 20.9 Å². The Hall–Kier alpha value is -2.90. The molecule has 1 aliphatic heterocycles. The third kappa shape index (κ3) is 3.66. The van der Waals surface area contributed by atoms with E-state index < -0.39 is 21.7 Å². The number of para-hydroxylation sites is 1. The van der Waals surface area contributed by atoms with Crippen molar-refractivity contribution >= 4 is 38.9 Å². The summed E-state index contributed by atoms with van der Waals surface area (Å²) in [5, 5.41) is 2.65. The lowest BCUT2D eigenvalue weighted by Crippen LogP contribution is -2.29. The standard InChI is InChI=1S/C22H18ClFN2O3S/c1-14-6-8-17(24)13-19(14)25-22(27)16-7-9-18(23)21(12-16)30(28,29)26-11-10-15-4-2-3-5-20(15)26/h2-9,12-13H,10-11H2,1H3,(H,25,27). The van der Waals surface area contributed by atoms with Crippen molar-refractivity contribution < 1.29 is 17.6 Å². The first-order valence-electron chi connectivity index (χ1n) is 9.25. The third-order valence-electron chi connectivity index (χ3n) is 5.05. The zero-order valence-electron chi connectivity index (χ0n) is 16.0. The van der Waals surface area contributed by atoms with Gasteiger partial charge in [0.2, 0.25) is 0 Å². The summed E-state index contributed by atoms with van der Waals surface area (Å²) in [5.74, 6) is -1.04. The van der Waals surface area contributed by atoms with Crippen LogP contribution in [-0.2, 0) is 16.4 Å². The third-order valence-corrected chi connectivity index (χ3v) is 7.35. The minimum absolute atomic E-state index is 0.0258. The number of carbonyl (C=O) groups is 1. The molecule has 4 rings (SSSR count). The molecule has 5 nitrogen and oxygen atoms in total. The summed E-state index contributed by atoms with van der Waals surface area (Å²) in [4.78, 5) is 12.6. The molecule has 8 heteroatoms. The number of halogens is 2. The Kier molecular flexibility index (Phi) is 5.26. The zero-order chi connectivity index (χ0) is 21.5. The SMILES string of the molecule is Cc1ccc(F)cc1NC(=O)c1ccc(Cl)c(S(=O)(=O)N2CCc3ccccc32)c1. The van der Waals surface area contributed by atoms with Gasteiger partial charge in [0.25, 0.3) is 15.9 Å². The molecule has 1 heterocycles. The molecule has 30 heavy (non-hydrogen) atoms. The number of anilines is 2. The van der Waals surface area contributed by atoms with Crippen LogP contribution < -0.4 is 9.62 Å². The molecule has 3 aromatic carbocycles. The van der Waals surface area contributed by atoms with Crippen LogP contribution in [0, 0.1) is 12.7 Å². The Morgan fingerprint density at radius 3 is 2.67 bits per heavy atom. The molecule has 1 N–H and O–H groups in total. The van der Waals surface area contributed by atoms with Crippen molar-refractivity contribution in [1.29, 1.82) is 0 Å². The highest BCUT2D eigenvalue weighted by molar-refractivity contribution is 7.93. The Morgan fingerprint density at radius 2 is 1.87 bits per heavy atom. The predicted molar refractivity (Wildman–Crippen MR) is 115 cm³/mol. The van der Waals surface area contributed by atoms with Gasteiger partial charge in [-0.25, -0.2) is 12.8 Å². The van der Waals surface area contributed by atoms with Gasteiger partial charge in [-0.3, -0.25) is 9.10 Å². The number of aryl methyl sites for hydroxylation is 1. The van der Waals surface area contributed by atoms with Gasteiger partial charge >= 0.3 is 0 Å². The van der Waals surface area contributed by atoms with E-state index in [1.165, 1.54) is 34.6 Å². The van der Waals surface area contributed by atoms with Gasteiger partial charge in [0.1, 0.15) is 10.7 Å². The summed E-state index contributed by atoms with van der Waals surface area (Å²) >= 11 is 6.21. The fourth-order valence-electron chi connectivity index (χ4n) is 3.44.